The van der Waals surface area contributed by atoms with Gasteiger partial charge in [0.25, 0.3) is 0 Å². The number of halogens is 1. The van der Waals surface area contributed by atoms with Crippen molar-refractivity contribution in [2.45, 2.75) is 19.3 Å². The minimum Gasteiger partial charge on any atom is -0.481 e. The molecule has 1 aromatic carbocycles. The average molecular weight is 323 g/mol. The van der Waals surface area contributed by atoms with E-state index in [1.54, 1.807) is 4.90 Å². The number of amides is 2. The number of benzene rings is 1. The maximum atomic E-state index is 12.0. The number of hydrogen-bond donors (Lipinski definition) is 2. The van der Waals surface area contributed by atoms with Crippen LogP contribution in [-0.2, 0) is 4.79 Å². The molecule has 5 nitrogen and oxygen atoms in total. The molecule has 0 unspecified atom stereocenters. The first-order valence-electron chi connectivity index (χ1n) is 7.26. The highest BCUT2D eigenvalue weighted by Crippen LogP contribution is 2.24. The quantitative estimate of drug-likeness (QED) is 0.819. The Bertz CT molecular complexity index is 587. The van der Waals surface area contributed by atoms with Gasteiger partial charge in [-0.25, -0.2) is 4.79 Å². The average Bonchev–Trinajstić information content (AvgIpc) is 2.51. The van der Waals surface area contributed by atoms with Gasteiger partial charge in [-0.15, -0.1) is 0 Å². The van der Waals surface area contributed by atoms with Gasteiger partial charge >= 0.3 is 12.0 Å². The van der Waals surface area contributed by atoms with Crippen LogP contribution in [0.1, 0.15) is 24.8 Å². The number of nitrogens with zero attached hydrogens (tertiary/aromatic N) is 1. The van der Waals surface area contributed by atoms with Gasteiger partial charge < -0.3 is 15.3 Å². The molecule has 0 aliphatic carbocycles. The van der Waals surface area contributed by atoms with Crippen molar-refractivity contribution in [3.05, 3.63) is 40.9 Å². The van der Waals surface area contributed by atoms with Gasteiger partial charge in [0.05, 0.1) is 0 Å². The van der Waals surface area contributed by atoms with Crippen molar-refractivity contribution in [3.63, 3.8) is 0 Å². The lowest BCUT2D eigenvalue weighted by atomic mass is 10.00. The van der Waals surface area contributed by atoms with Crippen molar-refractivity contribution in [2.75, 3.05) is 19.6 Å². The van der Waals surface area contributed by atoms with Gasteiger partial charge in [-0.05, 0) is 36.1 Å². The number of carboxylic acid groups (broad SMARTS) is 1. The zero-order valence-electron chi connectivity index (χ0n) is 12.2. The SMILES string of the molecule is O=C(O)CCCNC(=O)N1CC=C(c2cccc(Cl)c2)CC1. The Kier molecular flexibility index (Phi) is 5.83. The van der Waals surface area contributed by atoms with Crippen molar-refractivity contribution >= 4 is 29.2 Å². The largest absolute Gasteiger partial charge is 0.481 e. The van der Waals surface area contributed by atoms with Crippen LogP contribution in [0.2, 0.25) is 5.02 Å². The fraction of sp³-hybridized carbons (Fsp3) is 0.375. The van der Waals surface area contributed by atoms with E-state index in [-0.39, 0.29) is 12.5 Å². The first-order valence-corrected chi connectivity index (χ1v) is 7.63. The lowest BCUT2D eigenvalue weighted by Gasteiger charge is -2.27. The number of nitrogens with one attached hydrogen (secondary N) is 1. The van der Waals surface area contributed by atoms with Crippen LogP contribution < -0.4 is 5.32 Å². The highest BCUT2D eigenvalue weighted by atomic mass is 35.5. The number of carbonyl (C=O) groups is 2. The summed E-state index contributed by atoms with van der Waals surface area (Å²) < 4.78 is 0. The molecule has 2 amide bonds. The summed E-state index contributed by atoms with van der Waals surface area (Å²) in [5, 5.41) is 12.0. The molecular formula is C16H19ClN2O3. The smallest absolute Gasteiger partial charge is 0.317 e. The fourth-order valence-electron chi connectivity index (χ4n) is 2.35. The second kappa shape index (κ2) is 7.84. The Morgan fingerprint density at radius 2 is 2.18 bits per heavy atom. The van der Waals surface area contributed by atoms with E-state index in [2.05, 4.69) is 5.32 Å². The number of aliphatic carboxylic acids is 1. The molecule has 0 aromatic heterocycles. The second-order valence-corrected chi connectivity index (χ2v) is 5.60. The molecule has 6 heteroatoms. The van der Waals surface area contributed by atoms with Crippen molar-refractivity contribution in [1.29, 1.82) is 0 Å². The van der Waals surface area contributed by atoms with Crippen LogP contribution >= 0.6 is 11.6 Å². The summed E-state index contributed by atoms with van der Waals surface area (Å²) in [7, 11) is 0. The minimum atomic E-state index is -0.846. The van der Waals surface area contributed by atoms with Crippen molar-refractivity contribution in [1.82, 2.24) is 10.2 Å². The molecule has 2 rings (SSSR count). The van der Waals surface area contributed by atoms with Crippen LogP contribution in [0.25, 0.3) is 5.57 Å². The van der Waals surface area contributed by atoms with E-state index in [0.717, 1.165) is 12.0 Å². The maximum Gasteiger partial charge on any atom is 0.317 e. The second-order valence-electron chi connectivity index (χ2n) is 5.16. The van der Waals surface area contributed by atoms with Gasteiger partial charge in [-0.1, -0.05) is 29.8 Å². The molecule has 1 aromatic rings. The van der Waals surface area contributed by atoms with E-state index in [1.807, 2.05) is 30.3 Å². The van der Waals surface area contributed by atoms with Gasteiger partial charge in [0, 0.05) is 31.1 Å². The van der Waals surface area contributed by atoms with E-state index < -0.39 is 5.97 Å². The third-order valence-corrected chi connectivity index (χ3v) is 3.77. The third kappa shape index (κ3) is 4.77. The molecule has 0 saturated carbocycles. The summed E-state index contributed by atoms with van der Waals surface area (Å²) >= 11 is 5.99. The summed E-state index contributed by atoms with van der Waals surface area (Å²) in [5.41, 5.74) is 2.28. The molecule has 2 N–H and O–H groups in total. The zero-order valence-corrected chi connectivity index (χ0v) is 13.0. The van der Waals surface area contributed by atoms with Crippen LogP contribution in [-0.4, -0.2) is 41.6 Å². The van der Waals surface area contributed by atoms with Crippen LogP contribution in [0.5, 0.6) is 0 Å². The summed E-state index contributed by atoms with van der Waals surface area (Å²) in [6.45, 7) is 1.57. The first kappa shape index (κ1) is 16.4. The predicted molar refractivity (Wildman–Crippen MR) is 85.9 cm³/mol. The summed E-state index contributed by atoms with van der Waals surface area (Å²) in [6.07, 6.45) is 3.33. The summed E-state index contributed by atoms with van der Waals surface area (Å²) in [5.74, 6) is -0.846. The molecule has 1 aliphatic rings. The van der Waals surface area contributed by atoms with E-state index in [0.29, 0.717) is 31.1 Å². The highest BCUT2D eigenvalue weighted by Gasteiger charge is 2.17. The number of urea groups is 1. The number of carbonyl (C=O) groups excluding carboxylic acids is 1. The number of carboxylic acids is 1. The summed E-state index contributed by atoms with van der Waals surface area (Å²) in [6, 6.07) is 7.55. The molecule has 0 atom stereocenters. The van der Waals surface area contributed by atoms with Crippen LogP contribution in [0.4, 0.5) is 4.79 Å². The molecule has 1 aliphatic heterocycles. The molecule has 1 heterocycles. The Balaban J connectivity index is 1.83. The van der Waals surface area contributed by atoms with Crippen LogP contribution in [0.3, 0.4) is 0 Å². The topological polar surface area (TPSA) is 69.6 Å². The van der Waals surface area contributed by atoms with Crippen LogP contribution in [0, 0.1) is 0 Å². The van der Waals surface area contributed by atoms with E-state index in [4.69, 9.17) is 16.7 Å². The van der Waals surface area contributed by atoms with Gasteiger partial charge in [-0.2, -0.15) is 0 Å². The molecular weight excluding hydrogens is 304 g/mol. The highest BCUT2D eigenvalue weighted by molar-refractivity contribution is 6.30. The maximum absolute atomic E-state index is 12.0. The lowest BCUT2D eigenvalue weighted by Crippen LogP contribution is -2.42. The Morgan fingerprint density at radius 1 is 1.36 bits per heavy atom. The van der Waals surface area contributed by atoms with Crippen molar-refractivity contribution in [2.24, 2.45) is 0 Å². The number of hydrogen-bond acceptors (Lipinski definition) is 2. The molecule has 0 spiro atoms. The van der Waals surface area contributed by atoms with Crippen LogP contribution in [0.15, 0.2) is 30.3 Å². The van der Waals surface area contributed by atoms with Gasteiger partial charge in [-0.3, -0.25) is 4.79 Å². The molecule has 0 bridgehead atoms. The minimum absolute atomic E-state index is 0.0685. The first-order chi connectivity index (χ1) is 10.6. The third-order valence-electron chi connectivity index (χ3n) is 3.54. The van der Waals surface area contributed by atoms with Gasteiger partial charge in [0.2, 0.25) is 0 Å². The van der Waals surface area contributed by atoms with E-state index in [1.165, 1.54) is 5.57 Å². The molecule has 0 saturated heterocycles. The molecule has 22 heavy (non-hydrogen) atoms. The normalized spacial score (nSPS) is 14.4. The molecule has 0 fully saturated rings. The predicted octanol–water partition coefficient (Wildman–Crippen LogP) is 3.00. The fourth-order valence-corrected chi connectivity index (χ4v) is 2.54. The monoisotopic (exact) mass is 322 g/mol. The molecule has 0 radical (unpaired) electrons. The van der Waals surface area contributed by atoms with Gasteiger partial charge in [0.15, 0.2) is 0 Å². The van der Waals surface area contributed by atoms with Crippen molar-refractivity contribution in [3.8, 4) is 0 Å². The van der Waals surface area contributed by atoms with E-state index >= 15 is 0 Å². The lowest BCUT2D eigenvalue weighted by molar-refractivity contribution is -0.137. The standard InChI is InChI=1S/C16H19ClN2O3/c17-14-4-1-3-13(11-14)12-6-9-19(10-7-12)16(22)18-8-2-5-15(20)21/h1,3-4,6,11H,2,5,7-10H2,(H,18,22)(H,20,21). The Labute approximate surface area is 134 Å². The summed E-state index contributed by atoms with van der Waals surface area (Å²) in [4.78, 5) is 24.1. The van der Waals surface area contributed by atoms with Crippen molar-refractivity contribution < 1.29 is 14.7 Å². The number of rotatable bonds is 5. The zero-order chi connectivity index (χ0) is 15.9. The molecule has 118 valence electrons. The Hall–Kier alpha value is -2.01. The van der Waals surface area contributed by atoms with Gasteiger partial charge in [0.1, 0.15) is 0 Å². The van der Waals surface area contributed by atoms with E-state index in [9.17, 15) is 9.59 Å². The Morgan fingerprint density at radius 3 is 2.82 bits per heavy atom.